The Morgan fingerprint density at radius 3 is 2.85 bits per heavy atom. The van der Waals surface area contributed by atoms with Crippen LogP contribution in [0.5, 0.6) is 5.75 Å². The Hall–Kier alpha value is -1.55. The lowest BCUT2D eigenvalue weighted by atomic mass is 9.79. The molecule has 1 saturated carbocycles. The van der Waals surface area contributed by atoms with Gasteiger partial charge < -0.3 is 15.2 Å². The summed E-state index contributed by atoms with van der Waals surface area (Å²) in [7, 11) is 1.67. The Labute approximate surface area is 120 Å². The molecule has 4 heteroatoms. The van der Waals surface area contributed by atoms with Crippen LogP contribution in [-0.2, 0) is 11.3 Å². The predicted molar refractivity (Wildman–Crippen MR) is 77.8 cm³/mol. The normalized spacial score (nSPS) is 22.4. The van der Waals surface area contributed by atoms with Crippen molar-refractivity contribution < 1.29 is 14.6 Å². The maximum atomic E-state index is 11.3. The first-order valence-corrected chi connectivity index (χ1v) is 7.27. The predicted octanol–water partition coefficient (Wildman–Crippen LogP) is 2.68. The second-order valence-electron chi connectivity index (χ2n) is 5.43. The zero-order chi connectivity index (χ0) is 14.4. The molecule has 0 aromatic heterocycles. The summed E-state index contributed by atoms with van der Waals surface area (Å²) in [6.45, 7) is 1.47. The van der Waals surface area contributed by atoms with Crippen molar-refractivity contribution >= 4 is 5.97 Å². The van der Waals surface area contributed by atoms with Gasteiger partial charge in [0.15, 0.2) is 0 Å². The van der Waals surface area contributed by atoms with Gasteiger partial charge in [-0.2, -0.15) is 0 Å². The van der Waals surface area contributed by atoms with Crippen LogP contribution in [0.4, 0.5) is 0 Å². The summed E-state index contributed by atoms with van der Waals surface area (Å²) in [5.41, 5.74) is 1.11. The maximum absolute atomic E-state index is 11.3. The molecule has 1 aliphatic rings. The van der Waals surface area contributed by atoms with Gasteiger partial charge in [-0.25, -0.2) is 0 Å². The molecule has 20 heavy (non-hydrogen) atoms. The van der Waals surface area contributed by atoms with Crippen LogP contribution in [-0.4, -0.2) is 24.7 Å². The standard InChI is InChI=1S/C16H23NO3/c1-20-15-9-5-3-7-13(15)11-17-10-12-6-2-4-8-14(12)16(18)19/h3,5,7,9,12,14,17H,2,4,6,8,10-11H2,1H3,(H,18,19). The number of carboxylic acid groups (broad SMARTS) is 1. The highest BCUT2D eigenvalue weighted by Crippen LogP contribution is 2.30. The molecule has 0 heterocycles. The lowest BCUT2D eigenvalue weighted by Crippen LogP contribution is -2.34. The molecule has 0 spiro atoms. The second-order valence-corrected chi connectivity index (χ2v) is 5.43. The smallest absolute Gasteiger partial charge is 0.306 e. The van der Waals surface area contributed by atoms with Gasteiger partial charge in [-0.15, -0.1) is 0 Å². The van der Waals surface area contributed by atoms with Crippen LogP contribution >= 0.6 is 0 Å². The van der Waals surface area contributed by atoms with E-state index < -0.39 is 5.97 Å². The lowest BCUT2D eigenvalue weighted by molar-refractivity contribution is -0.144. The van der Waals surface area contributed by atoms with Crippen LogP contribution in [0.15, 0.2) is 24.3 Å². The van der Waals surface area contributed by atoms with Crippen molar-refractivity contribution in [2.75, 3.05) is 13.7 Å². The summed E-state index contributed by atoms with van der Waals surface area (Å²) in [6.07, 6.45) is 4.01. The number of carboxylic acids is 1. The number of nitrogens with one attached hydrogen (secondary N) is 1. The van der Waals surface area contributed by atoms with Gasteiger partial charge >= 0.3 is 5.97 Å². The van der Waals surface area contributed by atoms with E-state index in [1.807, 2.05) is 24.3 Å². The van der Waals surface area contributed by atoms with Gasteiger partial charge in [0.05, 0.1) is 13.0 Å². The Morgan fingerprint density at radius 1 is 1.35 bits per heavy atom. The Morgan fingerprint density at radius 2 is 2.10 bits per heavy atom. The highest BCUT2D eigenvalue weighted by molar-refractivity contribution is 5.70. The van der Waals surface area contributed by atoms with Crippen LogP contribution in [0.25, 0.3) is 0 Å². The Balaban J connectivity index is 1.86. The summed E-state index contributed by atoms with van der Waals surface area (Å²) < 4.78 is 5.31. The number of hydrogen-bond donors (Lipinski definition) is 2. The number of methoxy groups -OCH3 is 1. The van der Waals surface area contributed by atoms with E-state index >= 15 is 0 Å². The van der Waals surface area contributed by atoms with E-state index in [2.05, 4.69) is 5.32 Å². The highest BCUT2D eigenvalue weighted by Gasteiger charge is 2.30. The summed E-state index contributed by atoms with van der Waals surface area (Å²) in [5, 5.41) is 12.6. The van der Waals surface area contributed by atoms with Gasteiger partial charge in [0.25, 0.3) is 0 Å². The van der Waals surface area contributed by atoms with E-state index in [0.29, 0.717) is 6.54 Å². The van der Waals surface area contributed by atoms with Crippen molar-refractivity contribution in [2.45, 2.75) is 32.2 Å². The molecule has 1 fully saturated rings. The zero-order valence-electron chi connectivity index (χ0n) is 12.0. The molecule has 0 bridgehead atoms. The Kier molecular flexibility index (Phi) is 5.41. The summed E-state index contributed by atoms with van der Waals surface area (Å²) in [6, 6.07) is 7.91. The van der Waals surface area contributed by atoms with Gasteiger partial charge in [0, 0.05) is 12.1 Å². The van der Waals surface area contributed by atoms with Crippen LogP contribution in [0.1, 0.15) is 31.2 Å². The molecule has 2 unspecified atom stereocenters. The van der Waals surface area contributed by atoms with Crippen molar-refractivity contribution in [2.24, 2.45) is 11.8 Å². The molecule has 0 aliphatic heterocycles. The number of carbonyl (C=O) groups is 1. The topological polar surface area (TPSA) is 58.6 Å². The number of rotatable bonds is 6. The molecule has 2 rings (SSSR count). The third kappa shape index (κ3) is 3.73. The summed E-state index contributed by atoms with van der Waals surface area (Å²) in [4.78, 5) is 11.3. The van der Waals surface area contributed by atoms with E-state index in [4.69, 9.17) is 4.74 Å². The van der Waals surface area contributed by atoms with E-state index in [9.17, 15) is 9.90 Å². The zero-order valence-corrected chi connectivity index (χ0v) is 12.0. The molecule has 1 aliphatic carbocycles. The minimum absolute atomic E-state index is 0.186. The minimum Gasteiger partial charge on any atom is -0.496 e. The van der Waals surface area contributed by atoms with Gasteiger partial charge in [-0.3, -0.25) is 4.79 Å². The second kappa shape index (κ2) is 7.29. The van der Waals surface area contributed by atoms with Gasteiger partial charge in [-0.05, 0) is 31.4 Å². The number of benzene rings is 1. The van der Waals surface area contributed by atoms with E-state index in [1.54, 1.807) is 7.11 Å². The third-order valence-electron chi connectivity index (χ3n) is 4.14. The van der Waals surface area contributed by atoms with Crippen LogP contribution < -0.4 is 10.1 Å². The molecule has 4 nitrogen and oxygen atoms in total. The van der Waals surface area contributed by atoms with Crippen molar-refractivity contribution in [3.63, 3.8) is 0 Å². The average Bonchev–Trinajstić information content (AvgIpc) is 2.48. The SMILES string of the molecule is COc1ccccc1CNCC1CCCCC1C(=O)O. The summed E-state index contributed by atoms with van der Waals surface area (Å²) >= 11 is 0. The number of hydrogen-bond acceptors (Lipinski definition) is 3. The van der Waals surface area contributed by atoms with Gasteiger partial charge in [0.1, 0.15) is 5.75 Å². The fourth-order valence-corrected chi connectivity index (χ4v) is 3.02. The number of ether oxygens (including phenoxy) is 1. The monoisotopic (exact) mass is 277 g/mol. The van der Waals surface area contributed by atoms with Crippen molar-refractivity contribution in [1.29, 1.82) is 0 Å². The van der Waals surface area contributed by atoms with E-state index in [1.165, 1.54) is 0 Å². The molecule has 0 radical (unpaired) electrons. The van der Waals surface area contributed by atoms with Crippen molar-refractivity contribution in [3.8, 4) is 5.75 Å². The largest absolute Gasteiger partial charge is 0.496 e. The molecular weight excluding hydrogens is 254 g/mol. The average molecular weight is 277 g/mol. The quantitative estimate of drug-likeness (QED) is 0.839. The third-order valence-corrected chi connectivity index (χ3v) is 4.14. The molecule has 0 amide bonds. The number of aliphatic carboxylic acids is 1. The molecule has 1 aromatic carbocycles. The van der Waals surface area contributed by atoms with Crippen molar-refractivity contribution in [1.82, 2.24) is 5.32 Å². The fourth-order valence-electron chi connectivity index (χ4n) is 3.02. The van der Waals surface area contributed by atoms with Crippen LogP contribution in [0.2, 0.25) is 0 Å². The van der Waals surface area contributed by atoms with E-state index in [0.717, 1.165) is 43.5 Å². The van der Waals surface area contributed by atoms with Crippen molar-refractivity contribution in [3.05, 3.63) is 29.8 Å². The van der Waals surface area contributed by atoms with Gasteiger partial charge in [0.2, 0.25) is 0 Å². The van der Waals surface area contributed by atoms with Crippen LogP contribution in [0.3, 0.4) is 0 Å². The molecule has 2 atom stereocenters. The molecule has 110 valence electrons. The lowest BCUT2D eigenvalue weighted by Gasteiger charge is -2.28. The van der Waals surface area contributed by atoms with Crippen LogP contribution in [0, 0.1) is 11.8 Å². The molecule has 1 aromatic rings. The fraction of sp³-hybridized carbons (Fsp3) is 0.562. The molecule has 0 saturated heterocycles. The minimum atomic E-state index is -0.645. The Bertz CT molecular complexity index is 447. The summed E-state index contributed by atoms with van der Waals surface area (Å²) in [5.74, 6) is 0.289. The highest BCUT2D eigenvalue weighted by atomic mass is 16.5. The number of para-hydroxylation sites is 1. The van der Waals surface area contributed by atoms with Gasteiger partial charge in [-0.1, -0.05) is 31.0 Å². The first-order chi connectivity index (χ1) is 9.72. The first-order valence-electron chi connectivity index (χ1n) is 7.27. The van der Waals surface area contributed by atoms with E-state index in [-0.39, 0.29) is 11.8 Å². The molecular formula is C16H23NO3. The maximum Gasteiger partial charge on any atom is 0.306 e. The molecule has 2 N–H and O–H groups in total. The first kappa shape index (κ1) is 14.9.